The number of rotatable bonds is 6. The van der Waals surface area contributed by atoms with Crippen molar-refractivity contribution in [2.75, 3.05) is 18.0 Å². The van der Waals surface area contributed by atoms with Crippen molar-refractivity contribution in [3.8, 4) is 0 Å². The van der Waals surface area contributed by atoms with Gasteiger partial charge >= 0.3 is 12.2 Å². The fourth-order valence-corrected chi connectivity index (χ4v) is 3.97. The molecule has 11 heteroatoms. The molecular weight excluding hydrogens is 441 g/mol. The van der Waals surface area contributed by atoms with Crippen LogP contribution in [-0.4, -0.2) is 57.7 Å². The van der Waals surface area contributed by atoms with E-state index in [1.807, 2.05) is 4.90 Å². The zero-order chi connectivity index (χ0) is 24.2. The summed E-state index contributed by atoms with van der Waals surface area (Å²) in [5.41, 5.74) is -2.37. The maximum atomic E-state index is 12.4. The first-order valence-electron chi connectivity index (χ1n) is 11.1. The number of hydrogen-bond acceptors (Lipinski definition) is 5. The Morgan fingerprint density at radius 3 is 2.27 bits per heavy atom. The maximum Gasteiger partial charge on any atom is 0.433 e. The fourth-order valence-electron chi connectivity index (χ4n) is 3.97. The number of unbranched alkanes of at least 4 members (excludes halogenated alkanes) is 2. The predicted molar refractivity (Wildman–Crippen MR) is 112 cm³/mol. The smallest absolute Gasteiger partial charge is 0.343 e. The Morgan fingerprint density at radius 1 is 1.15 bits per heavy atom. The van der Waals surface area contributed by atoms with Gasteiger partial charge in [-0.25, -0.2) is 14.7 Å². The number of carbonyl (C=O) groups is 4. The zero-order valence-corrected chi connectivity index (χ0v) is 18.4. The lowest BCUT2D eigenvalue weighted by atomic mass is 10.2. The van der Waals surface area contributed by atoms with Crippen LogP contribution in [0.3, 0.4) is 0 Å². The second-order valence-corrected chi connectivity index (χ2v) is 8.37. The van der Waals surface area contributed by atoms with E-state index in [1.54, 1.807) is 0 Å². The molecule has 0 bridgehead atoms. The van der Waals surface area contributed by atoms with Crippen molar-refractivity contribution in [3.63, 3.8) is 0 Å². The van der Waals surface area contributed by atoms with Gasteiger partial charge in [0.2, 0.25) is 12.3 Å². The van der Waals surface area contributed by atoms with Gasteiger partial charge in [0.25, 0.3) is 5.91 Å². The molecule has 1 aromatic rings. The molecule has 2 saturated heterocycles. The molecule has 3 fully saturated rings. The van der Waals surface area contributed by atoms with Gasteiger partial charge in [-0.05, 0) is 44.2 Å². The Bertz CT molecular complexity index is 894. The number of alkyl halides is 3. The van der Waals surface area contributed by atoms with Gasteiger partial charge in [-0.3, -0.25) is 19.3 Å². The maximum absolute atomic E-state index is 12.4. The number of halogens is 3. The van der Waals surface area contributed by atoms with Crippen molar-refractivity contribution >= 4 is 29.9 Å². The zero-order valence-electron chi connectivity index (χ0n) is 18.4. The number of hydrogen-bond donors (Lipinski definition) is 0. The van der Waals surface area contributed by atoms with Gasteiger partial charge < -0.3 is 4.90 Å². The average Bonchev–Trinajstić information content (AvgIpc) is 3.31. The molecule has 1 aliphatic carbocycles. The van der Waals surface area contributed by atoms with E-state index in [9.17, 15) is 32.3 Å². The summed E-state index contributed by atoms with van der Waals surface area (Å²) in [5.74, 6) is -0.234. The largest absolute Gasteiger partial charge is 0.433 e. The van der Waals surface area contributed by atoms with E-state index in [-0.39, 0.29) is 12.1 Å². The first-order valence-corrected chi connectivity index (χ1v) is 11.1. The van der Waals surface area contributed by atoms with Gasteiger partial charge in [-0.2, -0.15) is 13.2 Å². The van der Waals surface area contributed by atoms with Crippen LogP contribution >= 0.6 is 0 Å². The summed E-state index contributed by atoms with van der Waals surface area (Å²) < 4.78 is 37.3. The van der Waals surface area contributed by atoms with E-state index in [4.69, 9.17) is 0 Å². The SMILES string of the molecule is CCCCCC(=O)N1CCCC1.O=CN1C(=O)N(c2ccc(C(F)(F)F)nc2)C(=O)C12CC2. The van der Waals surface area contributed by atoms with Gasteiger partial charge in [-0.1, -0.05) is 19.8 Å². The van der Waals surface area contributed by atoms with Gasteiger partial charge in [0.1, 0.15) is 11.2 Å². The average molecular weight is 468 g/mol. The van der Waals surface area contributed by atoms with Crippen molar-refractivity contribution < 1.29 is 32.3 Å². The molecule has 0 radical (unpaired) electrons. The Balaban J connectivity index is 0.000000218. The topological polar surface area (TPSA) is 90.9 Å². The minimum atomic E-state index is -4.61. The minimum absolute atomic E-state index is 0.0892. The standard InChI is InChI=1S/C12H8F3N3O3.C10H19NO/c13-12(14,15)8-2-1-7(5-16-8)18-9(20)11(3-4-11)17(6-19)10(18)21;1-2-3-4-7-10(12)11-8-5-6-9-11/h1-2,5-6H,3-4H2;2-9H2,1H3. The predicted octanol–water partition coefficient (Wildman–Crippen LogP) is 3.75. The molecule has 8 nitrogen and oxygen atoms in total. The third kappa shape index (κ3) is 5.17. The van der Waals surface area contributed by atoms with Crippen molar-refractivity contribution in [2.45, 2.75) is 70.0 Å². The molecule has 2 aliphatic heterocycles. The number of nitrogens with zero attached hydrogens (tertiary/aromatic N) is 4. The molecule has 0 atom stereocenters. The minimum Gasteiger partial charge on any atom is -0.343 e. The van der Waals surface area contributed by atoms with E-state index in [0.29, 0.717) is 29.7 Å². The highest BCUT2D eigenvalue weighted by molar-refractivity contribution is 6.26. The number of likely N-dealkylation sites (tertiary alicyclic amines) is 1. The second-order valence-electron chi connectivity index (χ2n) is 8.37. The normalized spacial score (nSPS) is 19.1. The van der Waals surface area contributed by atoms with Crippen LogP contribution in [0.5, 0.6) is 0 Å². The molecule has 0 N–H and O–H groups in total. The summed E-state index contributed by atoms with van der Waals surface area (Å²) in [5, 5.41) is 0. The first-order chi connectivity index (χ1) is 15.7. The summed E-state index contributed by atoms with van der Waals surface area (Å²) in [6.45, 7) is 4.18. The molecule has 5 amide bonds. The lowest BCUT2D eigenvalue weighted by Crippen LogP contribution is -2.35. The van der Waals surface area contributed by atoms with E-state index in [2.05, 4.69) is 11.9 Å². The summed E-state index contributed by atoms with van der Waals surface area (Å²) in [6, 6.07) is 0.795. The third-order valence-corrected chi connectivity index (χ3v) is 6.04. The highest BCUT2D eigenvalue weighted by atomic mass is 19.4. The highest BCUT2D eigenvalue weighted by Crippen LogP contribution is 2.48. The Hall–Kier alpha value is -2.98. The van der Waals surface area contributed by atoms with Crippen LogP contribution in [-0.2, 0) is 20.6 Å². The van der Waals surface area contributed by atoms with Crippen LogP contribution in [0, 0.1) is 0 Å². The van der Waals surface area contributed by atoms with Crippen molar-refractivity contribution in [2.24, 2.45) is 0 Å². The van der Waals surface area contributed by atoms with Crippen LogP contribution in [0.15, 0.2) is 18.3 Å². The van der Waals surface area contributed by atoms with Crippen LogP contribution in [0.1, 0.15) is 64.0 Å². The molecule has 3 aliphatic rings. The van der Waals surface area contributed by atoms with E-state index >= 15 is 0 Å². The Labute approximate surface area is 189 Å². The molecule has 1 saturated carbocycles. The fraction of sp³-hybridized carbons (Fsp3) is 0.591. The van der Waals surface area contributed by atoms with Gasteiger partial charge in [-0.15, -0.1) is 0 Å². The summed E-state index contributed by atoms with van der Waals surface area (Å²) in [4.78, 5) is 53.3. The molecule has 3 heterocycles. The Morgan fingerprint density at radius 2 is 1.82 bits per heavy atom. The number of amides is 5. The lowest BCUT2D eigenvalue weighted by Gasteiger charge is -2.14. The van der Waals surface area contributed by atoms with Crippen LogP contribution in [0.4, 0.5) is 23.7 Å². The van der Waals surface area contributed by atoms with Crippen molar-refractivity contribution in [3.05, 3.63) is 24.0 Å². The molecule has 0 aromatic carbocycles. The van der Waals surface area contributed by atoms with Gasteiger partial charge in [0.05, 0.1) is 11.9 Å². The van der Waals surface area contributed by atoms with Crippen LogP contribution in [0.25, 0.3) is 0 Å². The molecule has 1 spiro atoms. The van der Waals surface area contributed by atoms with Crippen molar-refractivity contribution in [1.29, 1.82) is 0 Å². The quantitative estimate of drug-likeness (QED) is 0.360. The van der Waals surface area contributed by atoms with E-state index in [0.717, 1.165) is 43.1 Å². The second kappa shape index (κ2) is 9.88. The first kappa shape index (κ1) is 24.7. The number of imide groups is 2. The summed E-state index contributed by atoms with van der Waals surface area (Å²) >= 11 is 0. The van der Waals surface area contributed by atoms with E-state index < -0.39 is 29.3 Å². The molecular formula is C22H27F3N4O4. The molecule has 1 aromatic heterocycles. The number of anilines is 1. The van der Waals surface area contributed by atoms with Crippen LogP contribution in [0.2, 0.25) is 0 Å². The van der Waals surface area contributed by atoms with Crippen molar-refractivity contribution in [1.82, 2.24) is 14.8 Å². The molecule has 4 rings (SSSR count). The third-order valence-electron chi connectivity index (χ3n) is 6.04. The Kier molecular flexibility index (Phi) is 7.38. The van der Waals surface area contributed by atoms with E-state index in [1.165, 1.54) is 25.7 Å². The summed E-state index contributed by atoms with van der Waals surface area (Å²) in [6.07, 6.45) is 3.84. The monoisotopic (exact) mass is 468 g/mol. The highest BCUT2D eigenvalue weighted by Gasteiger charge is 2.65. The van der Waals surface area contributed by atoms with Gasteiger partial charge in [0, 0.05) is 19.5 Å². The number of aromatic nitrogens is 1. The summed E-state index contributed by atoms with van der Waals surface area (Å²) in [7, 11) is 0. The number of carbonyl (C=O) groups excluding carboxylic acids is 4. The van der Waals surface area contributed by atoms with Gasteiger partial charge in [0.15, 0.2) is 0 Å². The number of urea groups is 1. The molecule has 0 unspecified atom stereocenters. The molecule has 180 valence electrons. The number of pyridine rings is 1. The molecule has 33 heavy (non-hydrogen) atoms. The lowest BCUT2D eigenvalue weighted by molar-refractivity contribution is -0.141. The van der Waals surface area contributed by atoms with Crippen LogP contribution < -0.4 is 4.90 Å².